The maximum atomic E-state index is 12.9. The van der Waals surface area contributed by atoms with Crippen LogP contribution in [0.25, 0.3) is 15.9 Å². The molecule has 6 rings (SSSR count). The number of fused-ring (bicyclic) bond motifs is 1. The van der Waals surface area contributed by atoms with Crippen LogP contribution < -0.4 is 5.32 Å². The first kappa shape index (κ1) is 29.2. The monoisotopic (exact) mass is 632 g/mol. The van der Waals surface area contributed by atoms with Crippen LogP contribution in [0.5, 0.6) is 0 Å². The van der Waals surface area contributed by atoms with Gasteiger partial charge in [-0.3, -0.25) is 9.36 Å². The Morgan fingerprint density at radius 1 is 1.05 bits per heavy atom. The van der Waals surface area contributed by atoms with Crippen LogP contribution in [-0.4, -0.2) is 55.5 Å². The molecule has 5 aromatic rings. The average molecular weight is 633 g/mol. The van der Waals surface area contributed by atoms with Gasteiger partial charge in [-0.1, -0.05) is 83.2 Å². The summed E-state index contributed by atoms with van der Waals surface area (Å²) in [5.41, 5.74) is 3.70. The molecule has 43 heavy (non-hydrogen) atoms. The first-order valence-electron chi connectivity index (χ1n) is 13.9. The summed E-state index contributed by atoms with van der Waals surface area (Å²) in [6.07, 6.45) is 1.08. The van der Waals surface area contributed by atoms with Gasteiger partial charge in [-0.2, -0.15) is 0 Å². The Labute approximate surface area is 262 Å². The van der Waals surface area contributed by atoms with Gasteiger partial charge in [0, 0.05) is 19.0 Å². The standard InChI is InChI=1S/C31H29ClN6O3S2/c1-20-11-12-24-26(17-20)43-29(33-24)34-27(39)19-42-30-36-35-28(38(30)25-10-6-5-9-23(25)32)22-13-15-37(16-14-22)31(40)41-18-21-7-3-2-4-8-21/h2-12,17,22H,13-16,18-19H2,1H3,(H,33,34,39). The molecule has 220 valence electrons. The van der Waals surface area contributed by atoms with Gasteiger partial charge < -0.3 is 15.0 Å². The second kappa shape index (κ2) is 13.2. The summed E-state index contributed by atoms with van der Waals surface area (Å²) < 4.78 is 8.50. The van der Waals surface area contributed by atoms with Crippen LogP contribution in [0.4, 0.5) is 9.93 Å². The molecule has 1 aliphatic rings. The van der Waals surface area contributed by atoms with E-state index in [0.717, 1.165) is 32.9 Å². The van der Waals surface area contributed by atoms with Crippen LogP contribution in [0.2, 0.25) is 5.02 Å². The largest absolute Gasteiger partial charge is 0.445 e. The van der Waals surface area contributed by atoms with Crippen LogP contribution in [0.3, 0.4) is 0 Å². The highest BCUT2D eigenvalue weighted by Gasteiger charge is 2.30. The summed E-state index contributed by atoms with van der Waals surface area (Å²) in [7, 11) is 0. The van der Waals surface area contributed by atoms with E-state index >= 15 is 0 Å². The van der Waals surface area contributed by atoms with Crippen LogP contribution in [-0.2, 0) is 16.1 Å². The molecule has 0 bridgehead atoms. The maximum absolute atomic E-state index is 12.9. The van der Waals surface area contributed by atoms with Crippen LogP contribution >= 0.6 is 34.7 Å². The first-order valence-corrected chi connectivity index (χ1v) is 16.1. The number of para-hydroxylation sites is 1. The quantitative estimate of drug-likeness (QED) is 0.182. The third kappa shape index (κ3) is 6.84. The predicted molar refractivity (Wildman–Crippen MR) is 170 cm³/mol. The average Bonchev–Trinajstić information content (AvgIpc) is 3.63. The van der Waals surface area contributed by atoms with Gasteiger partial charge in [0.1, 0.15) is 12.4 Å². The van der Waals surface area contributed by atoms with Crippen molar-refractivity contribution in [3.8, 4) is 5.69 Å². The van der Waals surface area contributed by atoms with Crippen LogP contribution in [0.15, 0.2) is 78.0 Å². The highest BCUT2D eigenvalue weighted by molar-refractivity contribution is 7.99. The fourth-order valence-corrected chi connectivity index (χ4v) is 6.95. The number of piperidine rings is 1. The zero-order chi connectivity index (χ0) is 29.8. The zero-order valence-corrected chi connectivity index (χ0v) is 25.8. The molecule has 0 saturated carbocycles. The number of likely N-dealkylation sites (tertiary alicyclic amines) is 1. The van der Waals surface area contributed by atoms with E-state index < -0.39 is 0 Å². The molecule has 1 fully saturated rings. The third-order valence-corrected chi connectivity index (χ3v) is 9.38. The lowest BCUT2D eigenvalue weighted by molar-refractivity contribution is -0.113. The van der Waals surface area contributed by atoms with Gasteiger partial charge in [-0.05, 0) is 55.2 Å². The van der Waals surface area contributed by atoms with E-state index in [1.807, 2.05) is 78.2 Å². The summed E-state index contributed by atoms with van der Waals surface area (Å²) in [5, 5.41) is 13.6. The van der Waals surface area contributed by atoms with E-state index in [1.165, 1.54) is 23.1 Å². The maximum Gasteiger partial charge on any atom is 0.410 e. The van der Waals surface area contributed by atoms with E-state index in [9.17, 15) is 9.59 Å². The molecule has 0 radical (unpaired) electrons. The van der Waals surface area contributed by atoms with E-state index in [4.69, 9.17) is 16.3 Å². The fraction of sp³-hybridized carbons (Fsp3) is 0.258. The van der Waals surface area contributed by atoms with Gasteiger partial charge in [0.05, 0.1) is 26.7 Å². The minimum Gasteiger partial charge on any atom is -0.445 e. The van der Waals surface area contributed by atoms with Gasteiger partial charge in [-0.25, -0.2) is 9.78 Å². The van der Waals surface area contributed by atoms with Gasteiger partial charge in [0.15, 0.2) is 10.3 Å². The summed E-state index contributed by atoms with van der Waals surface area (Å²) >= 11 is 9.37. The van der Waals surface area contributed by atoms with Crippen LogP contribution in [0, 0.1) is 6.92 Å². The number of benzene rings is 3. The van der Waals surface area contributed by atoms with Crippen molar-refractivity contribution in [2.24, 2.45) is 0 Å². The lowest BCUT2D eigenvalue weighted by Crippen LogP contribution is -2.38. The number of halogens is 1. The van der Waals surface area contributed by atoms with Crippen molar-refractivity contribution in [1.29, 1.82) is 0 Å². The summed E-state index contributed by atoms with van der Waals surface area (Å²) in [5.74, 6) is 0.757. The Balaban J connectivity index is 1.13. The van der Waals surface area contributed by atoms with Gasteiger partial charge in [-0.15, -0.1) is 10.2 Å². The number of hydrogen-bond donors (Lipinski definition) is 1. The van der Waals surface area contributed by atoms with E-state index in [0.29, 0.717) is 41.2 Å². The molecule has 2 amide bonds. The highest BCUT2D eigenvalue weighted by Crippen LogP contribution is 2.34. The van der Waals surface area contributed by atoms with Crippen LogP contribution in [0.1, 0.15) is 35.7 Å². The van der Waals surface area contributed by atoms with Crippen molar-refractivity contribution in [2.45, 2.75) is 37.4 Å². The molecule has 9 nitrogen and oxygen atoms in total. The summed E-state index contributed by atoms with van der Waals surface area (Å²) in [6.45, 7) is 3.36. The van der Waals surface area contributed by atoms with Crippen molar-refractivity contribution in [3.63, 3.8) is 0 Å². The number of hydrogen-bond acceptors (Lipinski definition) is 8. The molecule has 12 heteroatoms. The van der Waals surface area contributed by atoms with Gasteiger partial charge in [0.25, 0.3) is 0 Å². The number of thioether (sulfide) groups is 1. The molecule has 3 aromatic carbocycles. The molecular formula is C31H29ClN6O3S2. The molecule has 0 spiro atoms. The molecule has 2 aromatic heterocycles. The highest BCUT2D eigenvalue weighted by atomic mass is 35.5. The SMILES string of the molecule is Cc1ccc2nc(NC(=O)CSc3nnc(C4CCN(C(=O)OCc5ccccc5)CC4)n3-c3ccccc3Cl)sc2c1. The number of ether oxygens (including phenoxy) is 1. The second-order valence-electron chi connectivity index (χ2n) is 10.3. The Bertz CT molecular complexity index is 1750. The number of nitrogens with one attached hydrogen (secondary N) is 1. The zero-order valence-electron chi connectivity index (χ0n) is 23.4. The predicted octanol–water partition coefficient (Wildman–Crippen LogP) is 7.09. The minimum absolute atomic E-state index is 0.0522. The van der Waals surface area contributed by atoms with E-state index in [2.05, 4.69) is 26.6 Å². The lowest BCUT2D eigenvalue weighted by Gasteiger charge is -2.31. The number of nitrogens with zero attached hydrogens (tertiary/aromatic N) is 5. The normalized spacial score (nSPS) is 13.8. The van der Waals surface area contributed by atoms with E-state index in [1.54, 1.807) is 4.90 Å². The lowest BCUT2D eigenvalue weighted by atomic mass is 9.96. The Kier molecular flexibility index (Phi) is 8.92. The van der Waals surface area contributed by atoms with Crippen molar-refractivity contribution >= 4 is 62.0 Å². The molecule has 0 aliphatic carbocycles. The van der Waals surface area contributed by atoms with Gasteiger partial charge >= 0.3 is 6.09 Å². The molecule has 1 N–H and O–H groups in total. The Morgan fingerprint density at radius 2 is 1.81 bits per heavy atom. The number of aryl methyl sites for hydroxylation is 1. The summed E-state index contributed by atoms with van der Waals surface area (Å²) in [6, 6.07) is 23.2. The van der Waals surface area contributed by atoms with Crippen molar-refractivity contribution < 1.29 is 14.3 Å². The smallest absolute Gasteiger partial charge is 0.410 e. The number of anilines is 1. The molecule has 0 atom stereocenters. The molecule has 0 unspecified atom stereocenters. The topological polar surface area (TPSA) is 102 Å². The Morgan fingerprint density at radius 3 is 2.60 bits per heavy atom. The Hall–Kier alpha value is -3.93. The molecule has 1 saturated heterocycles. The second-order valence-corrected chi connectivity index (χ2v) is 12.6. The minimum atomic E-state index is -0.319. The van der Waals surface area contributed by atoms with Crippen molar-refractivity contribution in [2.75, 3.05) is 24.2 Å². The number of aromatic nitrogens is 4. The van der Waals surface area contributed by atoms with Crippen molar-refractivity contribution in [1.82, 2.24) is 24.6 Å². The number of carbonyl (C=O) groups is 2. The summed E-state index contributed by atoms with van der Waals surface area (Å²) in [4.78, 5) is 31.9. The van der Waals surface area contributed by atoms with Crippen molar-refractivity contribution in [3.05, 3.63) is 94.8 Å². The number of amides is 2. The molecule has 3 heterocycles. The molecular weight excluding hydrogens is 604 g/mol. The molecule has 1 aliphatic heterocycles. The first-order chi connectivity index (χ1) is 20.9. The number of thiazole rings is 1. The van der Waals surface area contributed by atoms with E-state index in [-0.39, 0.29) is 30.3 Å². The van der Waals surface area contributed by atoms with Gasteiger partial charge in [0.2, 0.25) is 5.91 Å². The number of carbonyl (C=O) groups excluding carboxylic acids is 2. The fourth-order valence-electron chi connectivity index (χ4n) is 5.00. The number of rotatable bonds is 8. The third-order valence-electron chi connectivity index (χ3n) is 7.20.